The predicted octanol–water partition coefficient (Wildman–Crippen LogP) is 3.37. The highest BCUT2D eigenvalue weighted by atomic mass is 16.5. The molecular weight excluding hydrogens is 358 g/mol. The minimum Gasteiger partial charge on any atom is -0.480 e. The number of piperidine rings is 1. The van der Waals surface area contributed by atoms with Crippen LogP contribution in [0.15, 0.2) is 21.3 Å². The molecule has 0 aliphatic carbocycles. The Balaban J connectivity index is 1.81. The van der Waals surface area contributed by atoms with Gasteiger partial charge in [0.1, 0.15) is 11.3 Å². The van der Waals surface area contributed by atoms with Crippen LogP contribution in [-0.2, 0) is 9.53 Å². The summed E-state index contributed by atoms with van der Waals surface area (Å²) in [6.45, 7) is 9.50. The molecule has 28 heavy (non-hydrogen) atoms. The Morgan fingerprint density at radius 2 is 1.89 bits per heavy atom. The number of nitrogens with zero attached hydrogens (tertiary/aromatic N) is 1. The van der Waals surface area contributed by atoms with E-state index in [-0.39, 0.29) is 11.5 Å². The van der Waals surface area contributed by atoms with Crippen LogP contribution < -0.4 is 10.4 Å². The Bertz CT molecular complexity index is 925. The molecule has 6 nitrogen and oxygen atoms in total. The molecule has 1 unspecified atom stereocenters. The lowest BCUT2D eigenvalue weighted by Crippen LogP contribution is -2.45. The first-order chi connectivity index (χ1) is 13.3. The van der Waals surface area contributed by atoms with Gasteiger partial charge in [-0.05, 0) is 69.7 Å². The summed E-state index contributed by atoms with van der Waals surface area (Å²) in [4.78, 5) is 26.8. The highest BCUT2D eigenvalue weighted by molar-refractivity contribution is 5.89. The Kier molecular flexibility index (Phi) is 6.08. The van der Waals surface area contributed by atoms with Gasteiger partial charge in [-0.2, -0.15) is 0 Å². The van der Waals surface area contributed by atoms with Crippen molar-refractivity contribution in [2.24, 2.45) is 5.92 Å². The molecule has 1 saturated heterocycles. The lowest BCUT2D eigenvalue weighted by atomic mass is 9.97. The van der Waals surface area contributed by atoms with Crippen molar-refractivity contribution in [1.29, 1.82) is 0 Å². The number of hydrogen-bond donors (Lipinski definition) is 0. The van der Waals surface area contributed by atoms with Crippen molar-refractivity contribution < 1.29 is 18.7 Å². The third kappa shape index (κ3) is 4.07. The molecule has 3 rings (SSSR count). The highest BCUT2D eigenvalue weighted by Crippen LogP contribution is 2.32. The van der Waals surface area contributed by atoms with Gasteiger partial charge in [0.15, 0.2) is 6.10 Å². The van der Waals surface area contributed by atoms with Gasteiger partial charge in [-0.15, -0.1) is 0 Å². The van der Waals surface area contributed by atoms with Crippen molar-refractivity contribution in [1.82, 2.24) is 4.90 Å². The highest BCUT2D eigenvalue weighted by Gasteiger charge is 2.27. The number of benzene rings is 1. The zero-order chi connectivity index (χ0) is 20.4. The summed E-state index contributed by atoms with van der Waals surface area (Å²) in [5.74, 6) is 1.08. The molecule has 0 bridgehead atoms. The molecule has 0 saturated carbocycles. The summed E-state index contributed by atoms with van der Waals surface area (Å²) in [5, 5.41) is 0.751. The lowest BCUT2D eigenvalue weighted by molar-refractivity contribution is -0.139. The van der Waals surface area contributed by atoms with Gasteiger partial charge < -0.3 is 18.8 Å². The van der Waals surface area contributed by atoms with Crippen LogP contribution in [0.25, 0.3) is 11.0 Å². The Labute approximate surface area is 165 Å². The van der Waals surface area contributed by atoms with E-state index in [0.29, 0.717) is 22.8 Å². The maximum Gasteiger partial charge on any atom is 0.339 e. The molecule has 1 aromatic carbocycles. The molecule has 1 aliphatic rings. The summed E-state index contributed by atoms with van der Waals surface area (Å²) in [6.07, 6.45) is 1.28. The molecule has 1 aromatic heterocycles. The number of fused-ring (bicyclic) bond motifs is 1. The first kappa shape index (κ1) is 20.4. The molecule has 1 amide bonds. The summed E-state index contributed by atoms with van der Waals surface area (Å²) in [7, 11) is 1.71. The molecule has 2 heterocycles. The van der Waals surface area contributed by atoms with E-state index in [2.05, 4.69) is 0 Å². The fraction of sp³-hybridized carbons (Fsp3) is 0.545. The topological polar surface area (TPSA) is 69.0 Å². The number of aryl methyl sites for hydroxylation is 2. The standard InChI is InChI=1S/C22H29NO5/c1-13-10-18(20-14(2)15(3)22(25)28-19(20)11-13)27-16(4)21(24)23-8-6-17(7-9-23)12-26-5/h10-11,16-17H,6-9,12H2,1-5H3. The number of likely N-dealkylation sites (tertiary alicyclic amines) is 1. The van der Waals surface area contributed by atoms with E-state index in [0.717, 1.165) is 49.1 Å². The van der Waals surface area contributed by atoms with E-state index in [1.165, 1.54) is 0 Å². The van der Waals surface area contributed by atoms with Crippen LogP contribution in [0, 0.1) is 26.7 Å². The van der Waals surface area contributed by atoms with Gasteiger partial charge in [-0.25, -0.2) is 4.79 Å². The third-order valence-electron chi connectivity index (χ3n) is 5.64. The number of hydrogen-bond acceptors (Lipinski definition) is 5. The summed E-state index contributed by atoms with van der Waals surface area (Å²) in [6, 6.07) is 3.71. The number of amides is 1. The molecule has 6 heteroatoms. The molecular formula is C22H29NO5. The van der Waals surface area contributed by atoms with Crippen molar-refractivity contribution in [2.45, 2.75) is 46.6 Å². The van der Waals surface area contributed by atoms with Crippen LogP contribution in [0.3, 0.4) is 0 Å². The fourth-order valence-corrected chi connectivity index (χ4v) is 3.83. The molecule has 1 atom stereocenters. The molecule has 1 fully saturated rings. The number of ether oxygens (including phenoxy) is 2. The zero-order valence-electron chi connectivity index (χ0n) is 17.3. The maximum atomic E-state index is 12.9. The molecule has 152 valence electrons. The minimum atomic E-state index is -0.615. The Morgan fingerprint density at radius 3 is 2.54 bits per heavy atom. The second kappa shape index (κ2) is 8.35. The predicted molar refractivity (Wildman–Crippen MR) is 108 cm³/mol. The van der Waals surface area contributed by atoms with E-state index in [4.69, 9.17) is 13.9 Å². The van der Waals surface area contributed by atoms with Gasteiger partial charge in [-0.3, -0.25) is 4.79 Å². The van der Waals surface area contributed by atoms with Crippen LogP contribution in [-0.4, -0.2) is 43.7 Å². The Morgan fingerprint density at radius 1 is 1.21 bits per heavy atom. The molecule has 0 radical (unpaired) electrons. The van der Waals surface area contributed by atoms with Crippen molar-refractivity contribution >= 4 is 16.9 Å². The first-order valence-corrected chi connectivity index (χ1v) is 9.80. The Hall–Kier alpha value is -2.34. The number of rotatable bonds is 5. The van der Waals surface area contributed by atoms with Crippen LogP contribution >= 0.6 is 0 Å². The van der Waals surface area contributed by atoms with E-state index >= 15 is 0 Å². The monoisotopic (exact) mass is 387 g/mol. The third-order valence-corrected chi connectivity index (χ3v) is 5.64. The molecule has 2 aromatic rings. The quantitative estimate of drug-likeness (QED) is 0.736. The van der Waals surface area contributed by atoms with Gasteiger partial charge in [0.05, 0.1) is 5.39 Å². The van der Waals surface area contributed by atoms with E-state index in [1.807, 2.05) is 30.9 Å². The largest absolute Gasteiger partial charge is 0.480 e. The fourth-order valence-electron chi connectivity index (χ4n) is 3.83. The molecule has 0 spiro atoms. The van der Waals surface area contributed by atoms with E-state index < -0.39 is 6.10 Å². The summed E-state index contributed by atoms with van der Waals surface area (Å²) in [5.41, 5.74) is 2.43. The van der Waals surface area contributed by atoms with Crippen molar-refractivity contribution in [2.75, 3.05) is 26.8 Å². The number of methoxy groups -OCH3 is 1. The normalized spacial score (nSPS) is 16.4. The van der Waals surface area contributed by atoms with Crippen molar-refractivity contribution in [3.63, 3.8) is 0 Å². The van der Waals surface area contributed by atoms with E-state index in [1.54, 1.807) is 21.0 Å². The SMILES string of the molecule is COCC1CCN(C(=O)C(C)Oc2cc(C)cc3oc(=O)c(C)c(C)c23)CC1. The summed E-state index contributed by atoms with van der Waals surface area (Å²) < 4.78 is 16.8. The number of carbonyl (C=O) groups is 1. The van der Waals surface area contributed by atoms with Gasteiger partial charge in [0.25, 0.3) is 5.91 Å². The number of carbonyl (C=O) groups excluding carboxylic acids is 1. The smallest absolute Gasteiger partial charge is 0.339 e. The van der Waals surface area contributed by atoms with Gasteiger partial charge in [-0.1, -0.05) is 0 Å². The van der Waals surface area contributed by atoms with E-state index in [9.17, 15) is 9.59 Å². The average Bonchev–Trinajstić information content (AvgIpc) is 2.66. The van der Waals surface area contributed by atoms with Crippen LogP contribution in [0.2, 0.25) is 0 Å². The second-order valence-corrected chi connectivity index (χ2v) is 7.76. The first-order valence-electron chi connectivity index (χ1n) is 9.80. The van der Waals surface area contributed by atoms with Gasteiger partial charge in [0, 0.05) is 32.4 Å². The second-order valence-electron chi connectivity index (χ2n) is 7.76. The average molecular weight is 387 g/mol. The van der Waals surface area contributed by atoms with Crippen LogP contribution in [0.5, 0.6) is 5.75 Å². The van der Waals surface area contributed by atoms with Crippen LogP contribution in [0.1, 0.15) is 36.5 Å². The van der Waals surface area contributed by atoms with Crippen LogP contribution in [0.4, 0.5) is 0 Å². The lowest BCUT2D eigenvalue weighted by Gasteiger charge is -2.33. The van der Waals surface area contributed by atoms with Crippen molar-refractivity contribution in [3.05, 3.63) is 39.2 Å². The molecule has 1 aliphatic heterocycles. The summed E-state index contributed by atoms with van der Waals surface area (Å²) >= 11 is 0. The van der Waals surface area contributed by atoms with Gasteiger partial charge in [0.2, 0.25) is 0 Å². The van der Waals surface area contributed by atoms with Crippen molar-refractivity contribution in [3.8, 4) is 5.75 Å². The van der Waals surface area contributed by atoms with Gasteiger partial charge >= 0.3 is 5.63 Å². The maximum absolute atomic E-state index is 12.9. The minimum absolute atomic E-state index is 0.0164. The molecule has 0 N–H and O–H groups in total. The zero-order valence-corrected chi connectivity index (χ0v) is 17.3.